The number of aromatic hydroxyl groups is 1. The molecule has 0 aliphatic rings. The molecule has 0 aliphatic heterocycles. The van der Waals surface area contributed by atoms with E-state index >= 15 is 0 Å². The molecule has 22 heavy (non-hydrogen) atoms. The minimum absolute atomic E-state index is 0.0170. The number of benzene rings is 1. The summed E-state index contributed by atoms with van der Waals surface area (Å²) in [7, 11) is 0. The normalized spacial score (nSPS) is 10.1. The molecule has 0 unspecified atom stereocenters. The minimum Gasteiger partial charge on any atom is -0.508 e. The van der Waals surface area contributed by atoms with Crippen LogP contribution in [0.2, 0.25) is 0 Å². The SMILES string of the molecule is N#Cc1c(-c2cccc(O)c2)cc(-c2ccncc2)[nH]c1=O. The quantitative estimate of drug-likeness (QED) is 0.759. The summed E-state index contributed by atoms with van der Waals surface area (Å²) in [6.45, 7) is 0. The summed E-state index contributed by atoms with van der Waals surface area (Å²) in [6.07, 6.45) is 3.25. The van der Waals surface area contributed by atoms with Gasteiger partial charge in [0.15, 0.2) is 0 Å². The summed E-state index contributed by atoms with van der Waals surface area (Å²) in [5.74, 6) is 0.0760. The lowest BCUT2D eigenvalue weighted by Crippen LogP contribution is -2.12. The van der Waals surface area contributed by atoms with Crippen molar-refractivity contribution in [1.29, 1.82) is 5.26 Å². The number of hydrogen-bond donors (Lipinski definition) is 2. The maximum Gasteiger partial charge on any atom is 0.266 e. The number of nitrogens with zero attached hydrogens (tertiary/aromatic N) is 2. The van der Waals surface area contributed by atoms with Crippen molar-refractivity contribution >= 4 is 0 Å². The maximum absolute atomic E-state index is 12.2. The molecule has 3 rings (SSSR count). The van der Waals surface area contributed by atoms with Crippen LogP contribution in [-0.4, -0.2) is 15.1 Å². The first-order valence-corrected chi connectivity index (χ1v) is 6.56. The van der Waals surface area contributed by atoms with Gasteiger partial charge in [0.25, 0.3) is 5.56 Å². The smallest absolute Gasteiger partial charge is 0.266 e. The van der Waals surface area contributed by atoms with Crippen LogP contribution in [0.3, 0.4) is 0 Å². The molecular weight excluding hydrogens is 278 g/mol. The van der Waals surface area contributed by atoms with Crippen LogP contribution in [0.4, 0.5) is 0 Å². The van der Waals surface area contributed by atoms with E-state index in [1.165, 1.54) is 12.1 Å². The predicted molar refractivity (Wildman–Crippen MR) is 82.1 cm³/mol. The van der Waals surface area contributed by atoms with Crippen molar-refractivity contribution in [3.63, 3.8) is 0 Å². The van der Waals surface area contributed by atoms with Crippen molar-refractivity contribution < 1.29 is 5.11 Å². The molecule has 2 heterocycles. The third-order valence-electron chi connectivity index (χ3n) is 3.29. The van der Waals surface area contributed by atoms with Gasteiger partial charge in [0, 0.05) is 29.2 Å². The van der Waals surface area contributed by atoms with E-state index in [4.69, 9.17) is 0 Å². The number of pyridine rings is 2. The molecule has 0 amide bonds. The van der Waals surface area contributed by atoms with Crippen molar-refractivity contribution in [3.8, 4) is 34.2 Å². The average molecular weight is 289 g/mol. The van der Waals surface area contributed by atoms with Crippen LogP contribution in [0.15, 0.2) is 59.7 Å². The van der Waals surface area contributed by atoms with Gasteiger partial charge in [-0.25, -0.2) is 0 Å². The van der Waals surface area contributed by atoms with Crippen LogP contribution in [0.5, 0.6) is 5.75 Å². The van der Waals surface area contributed by atoms with E-state index in [0.29, 0.717) is 16.8 Å². The number of nitriles is 1. The topological polar surface area (TPSA) is 89.8 Å². The number of H-pyrrole nitrogens is 1. The Bertz CT molecular complexity index is 925. The van der Waals surface area contributed by atoms with E-state index in [9.17, 15) is 15.2 Å². The summed E-state index contributed by atoms with van der Waals surface area (Å²) < 4.78 is 0. The Kier molecular flexibility index (Phi) is 3.42. The summed E-state index contributed by atoms with van der Waals surface area (Å²) in [6, 6.07) is 13.6. The van der Waals surface area contributed by atoms with Gasteiger partial charge in [-0.05, 0) is 35.9 Å². The Morgan fingerprint density at radius 3 is 2.55 bits per heavy atom. The van der Waals surface area contributed by atoms with E-state index in [-0.39, 0.29) is 11.3 Å². The number of rotatable bonds is 2. The molecular formula is C17H11N3O2. The van der Waals surface area contributed by atoms with Crippen molar-refractivity contribution in [1.82, 2.24) is 9.97 Å². The van der Waals surface area contributed by atoms with Gasteiger partial charge in [0.05, 0.1) is 0 Å². The third kappa shape index (κ3) is 2.45. The van der Waals surface area contributed by atoms with Crippen LogP contribution in [0.25, 0.3) is 22.4 Å². The lowest BCUT2D eigenvalue weighted by Gasteiger charge is -2.08. The van der Waals surface area contributed by atoms with Gasteiger partial charge in [-0.1, -0.05) is 12.1 Å². The zero-order chi connectivity index (χ0) is 15.5. The van der Waals surface area contributed by atoms with Crippen LogP contribution in [0.1, 0.15) is 5.56 Å². The fourth-order valence-corrected chi connectivity index (χ4v) is 2.26. The standard InChI is InChI=1S/C17H11N3O2/c18-10-15-14(12-2-1-3-13(21)8-12)9-16(20-17(15)22)11-4-6-19-7-5-11/h1-9,21H,(H,20,22). The number of phenolic OH excluding ortho intramolecular Hbond substituents is 1. The molecule has 2 aromatic heterocycles. The molecule has 5 nitrogen and oxygen atoms in total. The first-order valence-electron chi connectivity index (χ1n) is 6.56. The Morgan fingerprint density at radius 2 is 1.86 bits per heavy atom. The highest BCUT2D eigenvalue weighted by molar-refractivity contribution is 5.75. The monoisotopic (exact) mass is 289 g/mol. The molecule has 5 heteroatoms. The van der Waals surface area contributed by atoms with Crippen LogP contribution in [-0.2, 0) is 0 Å². The third-order valence-corrected chi connectivity index (χ3v) is 3.29. The van der Waals surface area contributed by atoms with Crippen molar-refractivity contribution in [2.24, 2.45) is 0 Å². The molecule has 0 saturated heterocycles. The average Bonchev–Trinajstić information content (AvgIpc) is 2.55. The number of aromatic nitrogens is 2. The molecule has 0 atom stereocenters. The van der Waals surface area contributed by atoms with Gasteiger partial charge < -0.3 is 10.1 Å². The second-order valence-electron chi connectivity index (χ2n) is 4.70. The largest absolute Gasteiger partial charge is 0.508 e. The summed E-state index contributed by atoms with van der Waals surface area (Å²) in [5.41, 5.74) is 2.02. The van der Waals surface area contributed by atoms with E-state index < -0.39 is 5.56 Å². The van der Waals surface area contributed by atoms with Gasteiger partial charge >= 0.3 is 0 Å². The molecule has 1 aromatic carbocycles. The van der Waals surface area contributed by atoms with Gasteiger partial charge in [0.1, 0.15) is 17.4 Å². The first kappa shape index (κ1) is 13.6. The molecule has 0 bridgehead atoms. The van der Waals surface area contributed by atoms with Gasteiger partial charge in [-0.3, -0.25) is 9.78 Å². The number of nitrogens with one attached hydrogen (secondary N) is 1. The van der Waals surface area contributed by atoms with Crippen molar-refractivity contribution in [2.45, 2.75) is 0 Å². The van der Waals surface area contributed by atoms with Crippen LogP contribution >= 0.6 is 0 Å². The highest BCUT2D eigenvalue weighted by Crippen LogP contribution is 2.27. The van der Waals surface area contributed by atoms with E-state index in [1.54, 1.807) is 42.7 Å². The van der Waals surface area contributed by atoms with Crippen molar-refractivity contribution in [2.75, 3.05) is 0 Å². The zero-order valence-corrected chi connectivity index (χ0v) is 11.4. The maximum atomic E-state index is 12.2. The first-order chi connectivity index (χ1) is 10.7. The molecule has 0 radical (unpaired) electrons. The Labute approximate surface area is 126 Å². The van der Waals surface area contributed by atoms with Crippen LogP contribution < -0.4 is 5.56 Å². The van der Waals surface area contributed by atoms with Gasteiger partial charge in [-0.2, -0.15) is 5.26 Å². The fraction of sp³-hybridized carbons (Fsp3) is 0. The molecule has 0 saturated carbocycles. The summed E-state index contributed by atoms with van der Waals surface area (Å²) in [5, 5.41) is 18.9. The molecule has 2 N–H and O–H groups in total. The number of phenols is 1. The minimum atomic E-state index is -0.463. The Hall–Kier alpha value is -3.39. The number of aromatic amines is 1. The van der Waals surface area contributed by atoms with E-state index in [2.05, 4.69) is 9.97 Å². The van der Waals surface area contributed by atoms with E-state index in [0.717, 1.165) is 5.56 Å². The fourth-order valence-electron chi connectivity index (χ4n) is 2.26. The summed E-state index contributed by atoms with van der Waals surface area (Å²) >= 11 is 0. The molecule has 0 aliphatic carbocycles. The molecule has 0 fully saturated rings. The summed E-state index contributed by atoms with van der Waals surface area (Å²) in [4.78, 5) is 18.8. The second-order valence-corrected chi connectivity index (χ2v) is 4.70. The second kappa shape index (κ2) is 5.54. The molecule has 106 valence electrons. The molecule has 3 aromatic rings. The van der Waals surface area contributed by atoms with Gasteiger partial charge in [0.2, 0.25) is 0 Å². The number of hydrogen-bond acceptors (Lipinski definition) is 4. The Balaban J connectivity index is 2.27. The van der Waals surface area contributed by atoms with E-state index in [1.807, 2.05) is 6.07 Å². The van der Waals surface area contributed by atoms with Crippen LogP contribution in [0, 0.1) is 11.3 Å². The molecule has 0 spiro atoms. The lowest BCUT2D eigenvalue weighted by atomic mass is 9.99. The van der Waals surface area contributed by atoms with Crippen molar-refractivity contribution in [3.05, 3.63) is 70.8 Å². The zero-order valence-electron chi connectivity index (χ0n) is 11.4. The predicted octanol–water partition coefficient (Wildman–Crippen LogP) is 2.68. The Morgan fingerprint density at radius 1 is 1.09 bits per heavy atom. The lowest BCUT2D eigenvalue weighted by molar-refractivity contribution is 0.475. The highest BCUT2D eigenvalue weighted by Gasteiger charge is 2.12. The van der Waals surface area contributed by atoms with Gasteiger partial charge in [-0.15, -0.1) is 0 Å². The highest BCUT2D eigenvalue weighted by atomic mass is 16.3.